The second kappa shape index (κ2) is 8.22. The number of nitrogens with two attached hydrogens (primary N) is 1. The molecule has 2 aromatic heterocycles. The largest absolute Gasteiger partial charge is 0.385 e. The Bertz CT molecular complexity index is 993. The second-order valence-electron chi connectivity index (χ2n) is 8.07. The first kappa shape index (κ1) is 22.0. The molecule has 0 spiro atoms. The zero-order chi connectivity index (χ0) is 21.5. The average molecular weight is 439 g/mol. The van der Waals surface area contributed by atoms with E-state index in [1.807, 2.05) is 6.92 Å². The van der Waals surface area contributed by atoms with E-state index in [0.717, 1.165) is 58.8 Å². The Balaban J connectivity index is 1.91. The van der Waals surface area contributed by atoms with E-state index in [1.54, 1.807) is 13.8 Å². The van der Waals surface area contributed by atoms with Gasteiger partial charge in [-0.05, 0) is 63.1 Å². The lowest BCUT2D eigenvalue weighted by atomic mass is 9.99. The predicted octanol–water partition coefficient (Wildman–Crippen LogP) is 4.70. The molecule has 0 bridgehead atoms. The number of carbonyl (C=O) groups is 1. The number of rotatable bonds is 4. The number of nitrogens with one attached hydrogen (secondary N) is 1. The van der Waals surface area contributed by atoms with Crippen LogP contribution in [0.3, 0.4) is 0 Å². The van der Waals surface area contributed by atoms with Crippen molar-refractivity contribution in [2.75, 3.05) is 5.32 Å². The number of hydrogen-bond acceptors (Lipinski definition) is 4. The summed E-state index contributed by atoms with van der Waals surface area (Å²) in [6.45, 7) is 9.24. The summed E-state index contributed by atoms with van der Waals surface area (Å²) in [6, 6.07) is 0.640. The number of halogens is 1. The van der Waals surface area contributed by atoms with Crippen molar-refractivity contribution in [2.24, 2.45) is 9.50 Å². The molecular weight excluding hydrogens is 411 g/mol. The number of amides is 2. The topological polar surface area (TPSA) is 101 Å². The quantitative estimate of drug-likeness (QED) is 0.644. The van der Waals surface area contributed by atoms with Crippen LogP contribution in [0.5, 0.6) is 0 Å². The normalized spacial score (nSPS) is 15.1. The Morgan fingerprint density at radius 1 is 1.45 bits per heavy atom. The highest BCUT2D eigenvalue weighted by atomic mass is 32.2. The number of carbonyl (C=O) groups excluding carboxylic acids is 1. The third-order valence-electron chi connectivity index (χ3n) is 4.91. The molecule has 1 aliphatic rings. The Morgan fingerprint density at radius 3 is 2.72 bits per heavy atom. The van der Waals surface area contributed by atoms with Crippen LogP contribution in [-0.4, -0.2) is 16.1 Å². The van der Waals surface area contributed by atoms with Gasteiger partial charge in [-0.3, -0.25) is 10.1 Å². The van der Waals surface area contributed by atoms with Gasteiger partial charge in [0.25, 0.3) is 0 Å². The molecule has 2 heterocycles. The number of aliphatic hydroxyl groups is 1. The molecule has 0 radical (unpaired) electrons. The van der Waals surface area contributed by atoms with Crippen LogP contribution in [0.2, 0.25) is 0 Å². The molecule has 0 saturated carbocycles. The third kappa shape index (κ3) is 4.58. The van der Waals surface area contributed by atoms with E-state index >= 15 is 0 Å². The zero-order valence-corrected chi connectivity index (χ0v) is 18.9. The predicted molar refractivity (Wildman–Crippen MR) is 116 cm³/mol. The summed E-state index contributed by atoms with van der Waals surface area (Å²) in [5, 5.41) is 19.0. The van der Waals surface area contributed by atoms with Crippen LogP contribution in [0.15, 0.2) is 14.6 Å². The van der Waals surface area contributed by atoms with Crippen LogP contribution in [-0.2, 0) is 29.3 Å². The number of anilines is 1. The van der Waals surface area contributed by atoms with E-state index in [-0.39, 0.29) is 10.1 Å². The van der Waals surface area contributed by atoms with Crippen molar-refractivity contribution in [3.8, 4) is 0 Å². The van der Waals surface area contributed by atoms with Gasteiger partial charge in [0.15, 0.2) is 0 Å². The molecule has 9 heteroatoms. The SMILES string of the molecule is Cc1c(C(C)C)nc2c(c1NC(=O)/N=S(\N)c1sc(C(C)(C)O)cc1F)CCC2. The van der Waals surface area contributed by atoms with E-state index in [1.165, 1.54) is 6.07 Å². The molecule has 2 amide bonds. The van der Waals surface area contributed by atoms with Gasteiger partial charge in [-0.25, -0.2) is 9.18 Å². The van der Waals surface area contributed by atoms with Gasteiger partial charge in [0.1, 0.15) is 10.0 Å². The monoisotopic (exact) mass is 438 g/mol. The Kier molecular flexibility index (Phi) is 6.24. The van der Waals surface area contributed by atoms with Crippen LogP contribution in [0.25, 0.3) is 0 Å². The van der Waals surface area contributed by atoms with Crippen LogP contribution in [0, 0.1) is 12.7 Å². The maximum Gasteiger partial charge on any atom is 0.352 e. The number of nitrogens with zero attached hydrogens (tertiary/aromatic N) is 2. The van der Waals surface area contributed by atoms with Gasteiger partial charge in [-0.1, -0.05) is 13.8 Å². The molecule has 0 aromatic carbocycles. The van der Waals surface area contributed by atoms with Gasteiger partial charge in [0.05, 0.1) is 11.3 Å². The lowest BCUT2D eigenvalue weighted by molar-refractivity contribution is 0.0823. The number of urea groups is 1. The van der Waals surface area contributed by atoms with Crippen molar-refractivity contribution in [2.45, 2.75) is 69.6 Å². The Labute approximate surface area is 177 Å². The molecule has 4 N–H and O–H groups in total. The fourth-order valence-electron chi connectivity index (χ4n) is 3.49. The summed E-state index contributed by atoms with van der Waals surface area (Å²) < 4.78 is 18.4. The molecule has 2 aromatic rings. The summed E-state index contributed by atoms with van der Waals surface area (Å²) in [5.74, 6) is -0.323. The van der Waals surface area contributed by atoms with Crippen LogP contribution in [0.4, 0.5) is 14.9 Å². The van der Waals surface area contributed by atoms with Crippen LogP contribution >= 0.6 is 11.3 Å². The fraction of sp³-hybridized carbons (Fsp3) is 0.500. The molecule has 1 aliphatic carbocycles. The highest BCUT2D eigenvalue weighted by molar-refractivity contribution is 7.87. The van der Waals surface area contributed by atoms with Crippen molar-refractivity contribution >= 4 is 33.9 Å². The van der Waals surface area contributed by atoms with Crippen molar-refractivity contribution in [1.82, 2.24) is 4.98 Å². The third-order valence-corrected chi connectivity index (χ3v) is 7.83. The summed E-state index contributed by atoms with van der Waals surface area (Å²) in [4.78, 5) is 17.8. The van der Waals surface area contributed by atoms with Gasteiger partial charge >= 0.3 is 6.03 Å². The smallest absolute Gasteiger partial charge is 0.352 e. The van der Waals surface area contributed by atoms with Gasteiger partial charge in [-0.15, -0.1) is 11.3 Å². The molecule has 158 valence electrons. The van der Waals surface area contributed by atoms with E-state index in [9.17, 15) is 14.3 Å². The molecule has 3 rings (SSSR count). The second-order valence-corrected chi connectivity index (χ2v) is 10.6. The van der Waals surface area contributed by atoms with Crippen molar-refractivity contribution in [1.29, 1.82) is 0 Å². The van der Waals surface area contributed by atoms with Gasteiger partial charge in [0, 0.05) is 27.1 Å². The lowest BCUT2D eigenvalue weighted by Gasteiger charge is -2.17. The van der Waals surface area contributed by atoms with Crippen molar-refractivity contribution < 1.29 is 14.3 Å². The molecule has 1 atom stereocenters. The maximum absolute atomic E-state index is 14.3. The van der Waals surface area contributed by atoms with Crippen molar-refractivity contribution in [3.63, 3.8) is 0 Å². The number of aromatic nitrogens is 1. The number of hydrogen-bond donors (Lipinski definition) is 3. The first-order valence-corrected chi connectivity index (χ1v) is 11.6. The minimum absolute atomic E-state index is 0.150. The highest BCUT2D eigenvalue weighted by Gasteiger charge is 2.25. The lowest BCUT2D eigenvalue weighted by Crippen LogP contribution is -2.16. The first-order valence-electron chi connectivity index (χ1n) is 9.55. The summed E-state index contributed by atoms with van der Waals surface area (Å²) in [5.41, 5.74) is 3.56. The van der Waals surface area contributed by atoms with E-state index in [4.69, 9.17) is 10.1 Å². The van der Waals surface area contributed by atoms with Gasteiger partial charge < -0.3 is 10.4 Å². The Hall–Kier alpha value is -1.68. The van der Waals surface area contributed by atoms with Gasteiger partial charge in [-0.2, -0.15) is 4.36 Å². The molecular formula is C20H27FN4O2S2. The standard InChI is InChI=1S/C20H27FN4O2S2/c1-10(2)16-11(3)17(12-7-6-8-14(12)23-16)24-19(26)25-29(22)18-13(21)9-15(28-18)20(4,5)27/h9-10,27H,6-8H2,1-5H3,(H3,22,23,24,25,26). The van der Waals surface area contributed by atoms with E-state index in [2.05, 4.69) is 23.5 Å². The first-order chi connectivity index (χ1) is 13.5. The van der Waals surface area contributed by atoms with Crippen LogP contribution in [0.1, 0.15) is 67.4 Å². The molecule has 6 nitrogen and oxygen atoms in total. The van der Waals surface area contributed by atoms with Gasteiger partial charge in [0.2, 0.25) is 0 Å². The number of pyridine rings is 1. The maximum atomic E-state index is 14.3. The number of aryl methyl sites for hydroxylation is 1. The zero-order valence-electron chi connectivity index (χ0n) is 17.3. The molecule has 0 aliphatic heterocycles. The number of fused-ring (bicyclic) bond motifs is 1. The number of thiophene rings is 1. The van der Waals surface area contributed by atoms with Crippen LogP contribution < -0.4 is 10.5 Å². The molecule has 29 heavy (non-hydrogen) atoms. The molecule has 1 unspecified atom stereocenters. The Morgan fingerprint density at radius 2 is 2.14 bits per heavy atom. The molecule has 0 fully saturated rings. The van der Waals surface area contributed by atoms with E-state index < -0.39 is 28.3 Å². The average Bonchev–Trinajstić information content (AvgIpc) is 3.22. The minimum atomic E-state index is -1.45. The fourth-order valence-corrected chi connectivity index (χ4v) is 5.55. The molecule has 0 saturated heterocycles. The minimum Gasteiger partial charge on any atom is -0.385 e. The summed E-state index contributed by atoms with van der Waals surface area (Å²) >= 11 is 1.03. The van der Waals surface area contributed by atoms with Crippen molar-refractivity contribution in [3.05, 3.63) is 39.3 Å². The van der Waals surface area contributed by atoms with E-state index in [0.29, 0.717) is 4.88 Å². The highest BCUT2D eigenvalue weighted by Crippen LogP contribution is 2.35. The summed E-state index contributed by atoms with van der Waals surface area (Å²) in [7, 11) is -1.45. The summed E-state index contributed by atoms with van der Waals surface area (Å²) in [6.07, 6.45) is 2.77.